The predicted octanol–water partition coefficient (Wildman–Crippen LogP) is 1.60. The average molecular weight is 150 g/mol. The fraction of sp³-hybridized carbons (Fsp3) is 0.333. The predicted molar refractivity (Wildman–Crippen MR) is 42.0 cm³/mol. The average Bonchev–Trinajstić information content (AvgIpc) is 2.38. The highest BCUT2D eigenvalue weighted by atomic mass is 16.5. The lowest BCUT2D eigenvalue weighted by atomic mass is 10.3. The Morgan fingerprint density at radius 3 is 2.91 bits per heavy atom. The van der Waals surface area contributed by atoms with Crippen LogP contribution in [-0.2, 0) is 17.8 Å². The van der Waals surface area contributed by atoms with Gasteiger partial charge in [0.15, 0.2) is 0 Å². The molecule has 0 spiro atoms. The van der Waals surface area contributed by atoms with Gasteiger partial charge in [0.05, 0.1) is 6.42 Å². The van der Waals surface area contributed by atoms with Crippen LogP contribution in [0.5, 0.6) is 0 Å². The minimum atomic E-state index is 0.505. The summed E-state index contributed by atoms with van der Waals surface area (Å²) in [6.45, 7) is 0.505. The summed E-state index contributed by atoms with van der Waals surface area (Å²) in [6.07, 6.45) is 5.65. The standard InChI is InChI=1S/C9H10O2/c1-3-4-8-5-6-9(11-8)7-10-2/h1,5-6H,4,7H2,2H3. The normalized spacial score (nSPS) is 9.45. The maximum absolute atomic E-state index is 5.30. The van der Waals surface area contributed by atoms with Crippen LogP contribution >= 0.6 is 0 Å². The van der Waals surface area contributed by atoms with Crippen molar-refractivity contribution in [1.82, 2.24) is 0 Å². The first-order valence-electron chi connectivity index (χ1n) is 3.37. The Morgan fingerprint density at radius 1 is 1.55 bits per heavy atom. The molecule has 0 saturated heterocycles. The molecule has 0 radical (unpaired) electrons. The number of methoxy groups -OCH3 is 1. The Hall–Kier alpha value is -1.20. The molecule has 58 valence electrons. The molecule has 0 aliphatic heterocycles. The van der Waals surface area contributed by atoms with Crippen LogP contribution in [0.15, 0.2) is 16.5 Å². The van der Waals surface area contributed by atoms with Gasteiger partial charge in [-0.15, -0.1) is 6.42 Å². The van der Waals surface area contributed by atoms with Gasteiger partial charge in [-0.1, -0.05) is 5.92 Å². The third kappa shape index (κ3) is 2.14. The molecule has 0 unspecified atom stereocenters. The molecule has 0 N–H and O–H groups in total. The van der Waals surface area contributed by atoms with E-state index in [1.807, 2.05) is 12.1 Å². The molecular weight excluding hydrogens is 140 g/mol. The van der Waals surface area contributed by atoms with Crippen LogP contribution < -0.4 is 0 Å². The molecule has 2 heteroatoms. The Morgan fingerprint density at radius 2 is 2.27 bits per heavy atom. The summed E-state index contributed by atoms with van der Waals surface area (Å²) < 4.78 is 10.2. The number of hydrogen-bond donors (Lipinski definition) is 0. The van der Waals surface area contributed by atoms with Gasteiger partial charge in [-0.2, -0.15) is 0 Å². The third-order valence-corrected chi connectivity index (χ3v) is 1.28. The van der Waals surface area contributed by atoms with E-state index in [1.165, 1.54) is 0 Å². The second-order valence-electron chi connectivity index (χ2n) is 2.18. The molecule has 1 aromatic heterocycles. The van der Waals surface area contributed by atoms with Crippen molar-refractivity contribution in [2.75, 3.05) is 7.11 Å². The maximum Gasteiger partial charge on any atom is 0.129 e. The number of ether oxygens (including phenoxy) is 1. The SMILES string of the molecule is C#CCc1ccc(COC)o1. The highest BCUT2D eigenvalue weighted by Gasteiger charge is 1.98. The molecule has 1 rings (SSSR count). The lowest BCUT2D eigenvalue weighted by molar-refractivity contribution is 0.163. The van der Waals surface area contributed by atoms with Crippen molar-refractivity contribution >= 4 is 0 Å². The van der Waals surface area contributed by atoms with E-state index in [9.17, 15) is 0 Å². The first-order chi connectivity index (χ1) is 5.36. The van der Waals surface area contributed by atoms with Crippen LogP contribution in [0.1, 0.15) is 11.5 Å². The van der Waals surface area contributed by atoms with Crippen molar-refractivity contribution in [2.45, 2.75) is 13.0 Å². The van der Waals surface area contributed by atoms with Gasteiger partial charge >= 0.3 is 0 Å². The monoisotopic (exact) mass is 150 g/mol. The number of furan rings is 1. The van der Waals surface area contributed by atoms with E-state index in [2.05, 4.69) is 5.92 Å². The summed E-state index contributed by atoms with van der Waals surface area (Å²) >= 11 is 0. The zero-order valence-electron chi connectivity index (χ0n) is 6.46. The first kappa shape index (κ1) is 7.90. The van der Waals surface area contributed by atoms with Gasteiger partial charge in [0, 0.05) is 7.11 Å². The summed E-state index contributed by atoms with van der Waals surface area (Å²) in [7, 11) is 1.63. The van der Waals surface area contributed by atoms with E-state index < -0.39 is 0 Å². The zero-order valence-corrected chi connectivity index (χ0v) is 6.46. The van der Waals surface area contributed by atoms with Crippen molar-refractivity contribution in [3.8, 4) is 12.3 Å². The lowest BCUT2D eigenvalue weighted by Crippen LogP contribution is -1.82. The molecule has 1 heterocycles. The van der Waals surface area contributed by atoms with Gasteiger partial charge in [0.1, 0.15) is 18.1 Å². The van der Waals surface area contributed by atoms with Crippen molar-refractivity contribution in [1.29, 1.82) is 0 Å². The van der Waals surface area contributed by atoms with Crippen molar-refractivity contribution in [3.05, 3.63) is 23.7 Å². The molecule has 0 aliphatic carbocycles. The minimum absolute atomic E-state index is 0.505. The third-order valence-electron chi connectivity index (χ3n) is 1.28. The second kappa shape index (κ2) is 3.85. The molecule has 0 aliphatic rings. The summed E-state index contributed by atoms with van der Waals surface area (Å²) in [5, 5.41) is 0. The molecule has 0 saturated carbocycles. The van der Waals surface area contributed by atoms with Gasteiger partial charge in [-0.25, -0.2) is 0 Å². The van der Waals surface area contributed by atoms with E-state index in [0.717, 1.165) is 11.5 Å². The summed E-state index contributed by atoms with van der Waals surface area (Å²) in [5.41, 5.74) is 0. The first-order valence-corrected chi connectivity index (χ1v) is 3.37. The number of rotatable bonds is 3. The van der Waals surface area contributed by atoms with Crippen LogP contribution in [0, 0.1) is 12.3 Å². The fourth-order valence-corrected chi connectivity index (χ4v) is 0.838. The van der Waals surface area contributed by atoms with E-state index >= 15 is 0 Å². The number of terminal acetylenes is 1. The topological polar surface area (TPSA) is 22.4 Å². The number of hydrogen-bond acceptors (Lipinski definition) is 2. The molecule has 11 heavy (non-hydrogen) atoms. The van der Waals surface area contributed by atoms with Crippen LogP contribution in [0.4, 0.5) is 0 Å². The van der Waals surface area contributed by atoms with E-state index in [4.69, 9.17) is 15.6 Å². The molecular formula is C9H10O2. The van der Waals surface area contributed by atoms with Gasteiger partial charge < -0.3 is 9.15 Å². The van der Waals surface area contributed by atoms with Crippen LogP contribution in [0.2, 0.25) is 0 Å². The Kier molecular flexibility index (Phi) is 2.76. The van der Waals surface area contributed by atoms with E-state index in [-0.39, 0.29) is 0 Å². The second-order valence-corrected chi connectivity index (χ2v) is 2.18. The van der Waals surface area contributed by atoms with Gasteiger partial charge in [0.2, 0.25) is 0 Å². The van der Waals surface area contributed by atoms with Crippen LogP contribution in [0.25, 0.3) is 0 Å². The highest BCUT2D eigenvalue weighted by Crippen LogP contribution is 2.08. The smallest absolute Gasteiger partial charge is 0.129 e. The van der Waals surface area contributed by atoms with Crippen LogP contribution in [0.3, 0.4) is 0 Å². The van der Waals surface area contributed by atoms with Gasteiger partial charge in [0.25, 0.3) is 0 Å². The molecule has 0 amide bonds. The Balaban J connectivity index is 2.60. The summed E-state index contributed by atoms with van der Waals surface area (Å²) in [6, 6.07) is 3.74. The fourth-order valence-electron chi connectivity index (χ4n) is 0.838. The summed E-state index contributed by atoms with van der Waals surface area (Å²) in [4.78, 5) is 0. The lowest BCUT2D eigenvalue weighted by Gasteiger charge is -1.91. The summed E-state index contributed by atoms with van der Waals surface area (Å²) in [5.74, 6) is 4.14. The van der Waals surface area contributed by atoms with Crippen molar-refractivity contribution in [2.24, 2.45) is 0 Å². The van der Waals surface area contributed by atoms with Gasteiger partial charge in [-0.05, 0) is 12.1 Å². The Bertz CT molecular complexity index is 255. The van der Waals surface area contributed by atoms with Crippen molar-refractivity contribution < 1.29 is 9.15 Å². The minimum Gasteiger partial charge on any atom is -0.463 e. The molecule has 0 bridgehead atoms. The Labute approximate surface area is 66.2 Å². The van der Waals surface area contributed by atoms with Crippen LogP contribution in [-0.4, -0.2) is 7.11 Å². The maximum atomic E-state index is 5.30. The largest absolute Gasteiger partial charge is 0.463 e. The van der Waals surface area contributed by atoms with Crippen molar-refractivity contribution in [3.63, 3.8) is 0 Å². The van der Waals surface area contributed by atoms with E-state index in [0.29, 0.717) is 13.0 Å². The molecule has 1 aromatic rings. The molecule has 0 aromatic carbocycles. The quantitative estimate of drug-likeness (QED) is 0.610. The highest BCUT2D eigenvalue weighted by molar-refractivity contribution is 5.11. The molecule has 2 nitrogen and oxygen atoms in total. The zero-order chi connectivity index (χ0) is 8.10. The van der Waals surface area contributed by atoms with E-state index in [1.54, 1.807) is 7.11 Å². The van der Waals surface area contributed by atoms with Gasteiger partial charge in [-0.3, -0.25) is 0 Å². The molecule has 0 fully saturated rings. The molecule has 0 atom stereocenters.